The third kappa shape index (κ3) is 5.98. The van der Waals surface area contributed by atoms with Gasteiger partial charge in [-0.25, -0.2) is 0 Å². The van der Waals surface area contributed by atoms with Crippen LogP contribution in [-0.4, -0.2) is 60.4 Å². The van der Waals surface area contributed by atoms with Crippen LogP contribution in [0.2, 0.25) is 0 Å². The molecule has 2 aliphatic heterocycles. The van der Waals surface area contributed by atoms with Crippen molar-refractivity contribution in [1.82, 2.24) is 15.1 Å². The van der Waals surface area contributed by atoms with Gasteiger partial charge in [0.1, 0.15) is 0 Å². The number of carbonyl (C=O) groups excluding carboxylic acids is 2. The third-order valence-corrected chi connectivity index (χ3v) is 6.14. The zero-order chi connectivity index (χ0) is 17.5. The fraction of sp³-hybridized carbons (Fsp3) is 0.900. The molecule has 5 nitrogen and oxygen atoms in total. The molecule has 1 aliphatic carbocycles. The highest BCUT2D eigenvalue weighted by atomic mass is 16.2. The van der Waals surface area contributed by atoms with Crippen LogP contribution in [0, 0.1) is 5.92 Å². The maximum Gasteiger partial charge on any atom is 0.222 e. The predicted molar refractivity (Wildman–Crippen MR) is 99.2 cm³/mol. The van der Waals surface area contributed by atoms with Crippen LogP contribution < -0.4 is 5.32 Å². The van der Waals surface area contributed by atoms with Gasteiger partial charge in [0.15, 0.2) is 0 Å². The first-order chi connectivity index (χ1) is 12.2. The lowest BCUT2D eigenvalue weighted by Crippen LogP contribution is -2.49. The van der Waals surface area contributed by atoms with Crippen molar-refractivity contribution in [2.75, 3.05) is 32.7 Å². The Kier molecular flexibility index (Phi) is 7.14. The number of hydrogen-bond acceptors (Lipinski definition) is 3. The lowest BCUT2D eigenvalue weighted by atomic mass is 9.88. The number of nitrogens with zero attached hydrogens (tertiary/aromatic N) is 2. The fourth-order valence-electron chi connectivity index (χ4n) is 4.71. The maximum atomic E-state index is 12.3. The van der Waals surface area contributed by atoms with Crippen molar-refractivity contribution in [2.24, 2.45) is 5.92 Å². The summed E-state index contributed by atoms with van der Waals surface area (Å²) in [5.41, 5.74) is 0. The van der Waals surface area contributed by atoms with E-state index in [0.29, 0.717) is 25.4 Å². The normalized spacial score (nSPS) is 26.6. The highest BCUT2D eigenvalue weighted by Gasteiger charge is 2.25. The minimum Gasteiger partial charge on any atom is -0.352 e. The molecule has 0 bridgehead atoms. The lowest BCUT2D eigenvalue weighted by molar-refractivity contribution is -0.133. The summed E-state index contributed by atoms with van der Waals surface area (Å²) in [4.78, 5) is 28.5. The van der Waals surface area contributed by atoms with Crippen molar-refractivity contribution < 1.29 is 9.59 Å². The summed E-state index contributed by atoms with van der Waals surface area (Å²) in [7, 11) is 0. The maximum absolute atomic E-state index is 12.3. The van der Waals surface area contributed by atoms with Gasteiger partial charge in [-0.15, -0.1) is 0 Å². The molecule has 0 spiro atoms. The third-order valence-electron chi connectivity index (χ3n) is 6.14. The zero-order valence-electron chi connectivity index (χ0n) is 15.7. The molecule has 3 fully saturated rings. The topological polar surface area (TPSA) is 52.7 Å². The summed E-state index contributed by atoms with van der Waals surface area (Å²) >= 11 is 0. The number of likely N-dealkylation sites (tertiary alicyclic amines) is 2. The molecule has 1 saturated carbocycles. The first kappa shape index (κ1) is 18.7. The van der Waals surface area contributed by atoms with Gasteiger partial charge < -0.3 is 15.1 Å². The van der Waals surface area contributed by atoms with Crippen molar-refractivity contribution in [3.8, 4) is 0 Å². The molecule has 0 aromatic heterocycles. The molecule has 1 unspecified atom stereocenters. The highest BCUT2D eigenvalue weighted by Crippen LogP contribution is 2.25. The van der Waals surface area contributed by atoms with Crippen LogP contribution in [0.1, 0.15) is 70.6 Å². The van der Waals surface area contributed by atoms with E-state index in [1.54, 1.807) is 0 Å². The van der Waals surface area contributed by atoms with E-state index < -0.39 is 0 Å². The second-order valence-corrected chi connectivity index (χ2v) is 8.26. The lowest BCUT2D eigenvalue weighted by Gasteiger charge is -2.36. The molecule has 3 rings (SSSR count). The predicted octanol–water partition coefficient (Wildman–Crippen LogP) is 2.55. The van der Waals surface area contributed by atoms with Gasteiger partial charge >= 0.3 is 0 Å². The average Bonchev–Trinajstić information content (AvgIpc) is 2.62. The number of carbonyl (C=O) groups is 2. The minimum absolute atomic E-state index is 0.114. The summed E-state index contributed by atoms with van der Waals surface area (Å²) in [6.07, 6.45) is 12.4. The second kappa shape index (κ2) is 9.56. The van der Waals surface area contributed by atoms with E-state index in [0.717, 1.165) is 38.3 Å². The average molecular weight is 350 g/mol. The van der Waals surface area contributed by atoms with Crippen molar-refractivity contribution in [2.45, 2.75) is 76.7 Å². The molecule has 2 amide bonds. The Balaban J connectivity index is 1.36. The van der Waals surface area contributed by atoms with Gasteiger partial charge in [-0.05, 0) is 51.0 Å². The van der Waals surface area contributed by atoms with Gasteiger partial charge in [0.25, 0.3) is 0 Å². The molecule has 2 saturated heterocycles. The summed E-state index contributed by atoms with van der Waals surface area (Å²) in [6.45, 7) is 4.82. The number of nitrogens with one attached hydrogen (secondary N) is 1. The van der Waals surface area contributed by atoms with E-state index in [9.17, 15) is 9.59 Å². The Labute approximate surface area is 152 Å². The molecular weight excluding hydrogens is 314 g/mol. The Bertz CT molecular complexity index is 448. The fourth-order valence-corrected chi connectivity index (χ4v) is 4.71. The highest BCUT2D eigenvalue weighted by molar-refractivity contribution is 5.79. The van der Waals surface area contributed by atoms with Gasteiger partial charge in [0.05, 0.1) is 0 Å². The molecule has 5 heteroatoms. The molecule has 2 heterocycles. The molecule has 0 aromatic carbocycles. The second-order valence-electron chi connectivity index (χ2n) is 8.26. The van der Waals surface area contributed by atoms with E-state index in [4.69, 9.17) is 0 Å². The van der Waals surface area contributed by atoms with Gasteiger partial charge in [0.2, 0.25) is 11.8 Å². The van der Waals surface area contributed by atoms with Gasteiger partial charge in [-0.1, -0.05) is 19.3 Å². The monoisotopic (exact) mass is 349 g/mol. The van der Waals surface area contributed by atoms with Crippen molar-refractivity contribution in [3.63, 3.8) is 0 Å². The number of hydrogen-bond donors (Lipinski definition) is 1. The molecule has 3 aliphatic rings. The van der Waals surface area contributed by atoms with Gasteiger partial charge in [-0.3, -0.25) is 9.59 Å². The summed E-state index contributed by atoms with van der Waals surface area (Å²) < 4.78 is 0. The molecule has 0 radical (unpaired) electrons. The van der Waals surface area contributed by atoms with E-state index in [1.807, 2.05) is 4.90 Å². The van der Waals surface area contributed by atoms with E-state index in [-0.39, 0.29) is 11.8 Å². The van der Waals surface area contributed by atoms with Crippen LogP contribution in [0.5, 0.6) is 0 Å². The minimum atomic E-state index is 0.114. The Morgan fingerprint density at radius 1 is 1.00 bits per heavy atom. The molecule has 0 aromatic rings. The Hall–Kier alpha value is -1.10. The summed E-state index contributed by atoms with van der Waals surface area (Å²) in [5, 5.41) is 3.22. The zero-order valence-corrected chi connectivity index (χ0v) is 15.7. The van der Waals surface area contributed by atoms with Crippen LogP contribution in [0.15, 0.2) is 0 Å². The largest absolute Gasteiger partial charge is 0.352 e. The first-order valence-electron chi connectivity index (χ1n) is 10.5. The number of piperidine rings is 2. The van der Waals surface area contributed by atoms with Crippen LogP contribution in [0.3, 0.4) is 0 Å². The van der Waals surface area contributed by atoms with Crippen LogP contribution >= 0.6 is 0 Å². The van der Waals surface area contributed by atoms with Gasteiger partial charge in [0, 0.05) is 45.1 Å². The SMILES string of the molecule is O=C(CCN1CCCCC1=O)NC1CCCN(CC2CCCCC2)C1. The van der Waals surface area contributed by atoms with Crippen LogP contribution in [0.4, 0.5) is 0 Å². The van der Waals surface area contributed by atoms with Gasteiger partial charge in [-0.2, -0.15) is 0 Å². The summed E-state index contributed by atoms with van der Waals surface area (Å²) in [5.74, 6) is 1.20. The standard InChI is InChI=1S/C20H35N3O2/c24-19(11-14-23-13-5-4-10-20(23)25)21-18-9-6-12-22(16-18)15-17-7-2-1-3-8-17/h17-18H,1-16H2,(H,21,24). The van der Waals surface area contributed by atoms with E-state index in [1.165, 1.54) is 51.6 Å². The molecule has 25 heavy (non-hydrogen) atoms. The molecule has 1 N–H and O–H groups in total. The number of amides is 2. The first-order valence-corrected chi connectivity index (χ1v) is 10.5. The Morgan fingerprint density at radius 3 is 2.64 bits per heavy atom. The summed E-state index contributed by atoms with van der Waals surface area (Å²) in [6, 6.07) is 0.293. The van der Waals surface area contributed by atoms with E-state index >= 15 is 0 Å². The van der Waals surface area contributed by atoms with Crippen LogP contribution in [-0.2, 0) is 9.59 Å². The quantitative estimate of drug-likeness (QED) is 0.802. The van der Waals surface area contributed by atoms with Crippen LogP contribution in [0.25, 0.3) is 0 Å². The van der Waals surface area contributed by atoms with Crippen molar-refractivity contribution >= 4 is 11.8 Å². The molecular formula is C20H35N3O2. The number of rotatable bonds is 6. The van der Waals surface area contributed by atoms with Crippen molar-refractivity contribution in [1.29, 1.82) is 0 Å². The molecule has 142 valence electrons. The Morgan fingerprint density at radius 2 is 1.84 bits per heavy atom. The molecule has 1 atom stereocenters. The van der Waals surface area contributed by atoms with Crippen molar-refractivity contribution in [3.05, 3.63) is 0 Å². The smallest absolute Gasteiger partial charge is 0.222 e. The van der Waals surface area contributed by atoms with E-state index in [2.05, 4.69) is 10.2 Å².